The first-order valence-electron chi connectivity index (χ1n) is 20.5. The van der Waals surface area contributed by atoms with Crippen LogP contribution < -0.4 is 0 Å². The maximum atomic E-state index is 5.45. The first-order valence-corrected chi connectivity index (χ1v) is 20.5. The Balaban J connectivity index is 1.04. The summed E-state index contributed by atoms with van der Waals surface area (Å²) in [6.07, 6.45) is 0. The molecule has 10 aromatic carbocycles. The van der Waals surface area contributed by atoms with Crippen LogP contribution in [0.2, 0.25) is 0 Å². The molecule has 60 heavy (non-hydrogen) atoms. The third-order valence-corrected chi connectivity index (χ3v) is 12.5. The second kappa shape index (κ2) is 12.7. The highest BCUT2D eigenvalue weighted by molar-refractivity contribution is 6.24. The van der Waals surface area contributed by atoms with Crippen LogP contribution in [0.15, 0.2) is 206 Å². The average molecular weight is 763 g/mol. The maximum absolute atomic E-state index is 5.45. The van der Waals surface area contributed by atoms with Gasteiger partial charge in [0, 0.05) is 38.2 Å². The summed E-state index contributed by atoms with van der Waals surface area (Å²) in [5.41, 5.74) is 10.9. The Kier molecular flexibility index (Phi) is 6.98. The molecule has 0 aliphatic carbocycles. The normalized spacial score (nSPS) is 12.0. The van der Waals surface area contributed by atoms with Crippen molar-refractivity contribution in [1.29, 1.82) is 0 Å². The summed E-state index contributed by atoms with van der Waals surface area (Å²) in [4.78, 5) is 10.7. The minimum absolute atomic E-state index is 0.653. The van der Waals surface area contributed by atoms with Crippen LogP contribution in [0.1, 0.15) is 0 Å². The van der Waals surface area contributed by atoms with Gasteiger partial charge in [0.2, 0.25) is 5.95 Å². The number of hydrogen-bond donors (Lipinski definition) is 0. The molecule has 13 rings (SSSR count). The van der Waals surface area contributed by atoms with Crippen molar-refractivity contribution in [2.45, 2.75) is 0 Å². The van der Waals surface area contributed by atoms with Crippen LogP contribution in [0.3, 0.4) is 0 Å². The van der Waals surface area contributed by atoms with E-state index < -0.39 is 0 Å². The Morgan fingerprint density at radius 2 is 0.933 bits per heavy atom. The number of nitrogens with zero attached hydrogens (tertiary/aromatic N) is 4. The Morgan fingerprint density at radius 1 is 0.317 bits per heavy atom. The molecule has 0 spiro atoms. The Hall–Kier alpha value is -8.08. The zero-order chi connectivity index (χ0) is 39.3. The number of rotatable bonds is 4. The average Bonchev–Trinajstić information content (AvgIpc) is 3.83. The van der Waals surface area contributed by atoms with E-state index in [0.29, 0.717) is 5.95 Å². The van der Waals surface area contributed by atoms with Gasteiger partial charge in [0.1, 0.15) is 0 Å². The van der Waals surface area contributed by atoms with Crippen LogP contribution in [0.25, 0.3) is 121 Å². The van der Waals surface area contributed by atoms with Gasteiger partial charge < -0.3 is 4.57 Å². The molecule has 4 nitrogen and oxygen atoms in total. The van der Waals surface area contributed by atoms with Crippen molar-refractivity contribution in [3.63, 3.8) is 0 Å². The molecule has 0 amide bonds. The fourth-order valence-corrected chi connectivity index (χ4v) is 9.82. The third-order valence-electron chi connectivity index (χ3n) is 12.5. The molecule has 0 unspecified atom stereocenters. The molecule has 278 valence electrons. The maximum Gasteiger partial charge on any atom is 0.235 e. The minimum atomic E-state index is 0.653. The largest absolute Gasteiger partial charge is 0.309 e. The minimum Gasteiger partial charge on any atom is -0.309 e. The van der Waals surface area contributed by atoms with Crippen LogP contribution in [0.5, 0.6) is 0 Å². The lowest BCUT2D eigenvalue weighted by Crippen LogP contribution is -2.03. The van der Waals surface area contributed by atoms with Gasteiger partial charge in [0.25, 0.3) is 0 Å². The molecule has 3 heterocycles. The van der Waals surface area contributed by atoms with Crippen molar-refractivity contribution < 1.29 is 0 Å². The van der Waals surface area contributed by atoms with Crippen LogP contribution >= 0.6 is 0 Å². The fourth-order valence-electron chi connectivity index (χ4n) is 9.82. The zero-order valence-electron chi connectivity index (χ0n) is 32.4. The topological polar surface area (TPSA) is 35.6 Å². The first kappa shape index (κ1) is 32.9. The molecule has 4 heteroatoms. The van der Waals surface area contributed by atoms with E-state index >= 15 is 0 Å². The van der Waals surface area contributed by atoms with Crippen molar-refractivity contribution in [2.24, 2.45) is 0 Å². The highest BCUT2D eigenvalue weighted by atomic mass is 15.2. The van der Waals surface area contributed by atoms with E-state index in [9.17, 15) is 0 Å². The summed E-state index contributed by atoms with van der Waals surface area (Å²) in [6, 6.07) is 74.4. The van der Waals surface area contributed by atoms with Gasteiger partial charge in [-0.15, -0.1) is 0 Å². The highest BCUT2D eigenvalue weighted by Gasteiger charge is 2.21. The fraction of sp³-hybridized carbons (Fsp3) is 0. The summed E-state index contributed by atoms with van der Waals surface area (Å²) in [7, 11) is 0. The third kappa shape index (κ3) is 4.79. The molecule has 0 aliphatic rings. The molecular formula is C56H34N4. The lowest BCUT2D eigenvalue weighted by molar-refractivity contribution is 1.01. The van der Waals surface area contributed by atoms with Gasteiger partial charge in [-0.3, -0.25) is 4.57 Å². The number of fused-ring (bicyclic) bond motifs is 12. The predicted octanol–water partition coefficient (Wildman–Crippen LogP) is 14.6. The number of aromatic nitrogens is 4. The zero-order valence-corrected chi connectivity index (χ0v) is 32.4. The number of hydrogen-bond acceptors (Lipinski definition) is 2. The SMILES string of the molecule is c1ccc(-n2c3ccccc3c3c4ccccc4c(-c4ccc5c(c4)c4ccccc4n5-c4nc(-c5ccc6c(ccc7ccccc76)c5)c5ccccc5n4)cc32)cc1. The lowest BCUT2D eigenvalue weighted by Gasteiger charge is -2.13. The molecule has 0 N–H and O–H groups in total. The van der Waals surface area contributed by atoms with Crippen LogP contribution in [0, 0.1) is 0 Å². The van der Waals surface area contributed by atoms with E-state index in [-0.39, 0.29) is 0 Å². The summed E-state index contributed by atoms with van der Waals surface area (Å²) < 4.78 is 4.66. The standard InChI is InChI=1S/C56H34N4/c1-2-15-39(16-3-1)59-51-25-13-10-22-46(51)54-44-20-7-6-18-42(44)47(34-53(54)59)37-29-31-52-48(33-37)43-19-9-12-24-50(43)60(52)56-57-49-23-11-8-21-45(49)55(58-56)38-28-30-41-36(32-38)27-26-35-14-4-5-17-40(35)41/h1-34H. The van der Waals surface area contributed by atoms with Gasteiger partial charge in [0.05, 0.1) is 33.3 Å². The summed E-state index contributed by atoms with van der Waals surface area (Å²) in [5, 5.41) is 13.3. The second-order valence-corrected chi connectivity index (χ2v) is 15.7. The van der Waals surface area contributed by atoms with Crippen LogP contribution in [-0.2, 0) is 0 Å². The van der Waals surface area contributed by atoms with E-state index in [2.05, 4.69) is 215 Å². The van der Waals surface area contributed by atoms with Gasteiger partial charge in [-0.2, -0.15) is 0 Å². The lowest BCUT2D eigenvalue weighted by atomic mass is 9.94. The molecule has 3 aromatic heterocycles. The Labute approximate surface area is 344 Å². The monoisotopic (exact) mass is 762 g/mol. The van der Waals surface area contributed by atoms with Gasteiger partial charge in [-0.05, 0) is 98.0 Å². The second-order valence-electron chi connectivity index (χ2n) is 15.7. The van der Waals surface area contributed by atoms with Crippen molar-refractivity contribution >= 4 is 86.8 Å². The van der Waals surface area contributed by atoms with Crippen molar-refractivity contribution in [1.82, 2.24) is 19.1 Å². The van der Waals surface area contributed by atoms with Gasteiger partial charge >= 0.3 is 0 Å². The number of benzene rings is 10. The molecule has 0 radical (unpaired) electrons. The Morgan fingerprint density at radius 3 is 1.78 bits per heavy atom. The predicted molar refractivity (Wildman–Crippen MR) is 252 cm³/mol. The summed E-state index contributed by atoms with van der Waals surface area (Å²) >= 11 is 0. The van der Waals surface area contributed by atoms with Crippen LogP contribution in [-0.4, -0.2) is 19.1 Å². The van der Waals surface area contributed by atoms with Crippen molar-refractivity contribution in [3.05, 3.63) is 206 Å². The molecule has 0 bridgehead atoms. The molecule has 0 fully saturated rings. The Bertz CT molecular complexity index is 3890. The molecule has 13 aromatic rings. The summed E-state index contributed by atoms with van der Waals surface area (Å²) in [5.74, 6) is 0.653. The molecule has 0 atom stereocenters. The van der Waals surface area contributed by atoms with Gasteiger partial charge in [-0.1, -0.05) is 152 Å². The molecular weight excluding hydrogens is 729 g/mol. The summed E-state index contributed by atoms with van der Waals surface area (Å²) in [6.45, 7) is 0. The van der Waals surface area contributed by atoms with E-state index in [1.54, 1.807) is 0 Å². The number of para-hydroxylation sites is 4. The van der Waals surface area contributed by atoms with E-state index in [4.69, 9.17) is 9.97 Å². The quantitative estimate of drug-likeness (QED) is 0.167. The smallest absolute Gasteiger partial charge is 0.235 e. The molecule has 0 saturated heterocycles. The van der Waals surface area contributed by atoms with E-state index in [1.165, 1.54) is 59.7 Å². The van der Waals surface area contributed by atoms with E-state index in [1.807, 2.05) is 0 Å². The van der Waals surface area contributed by atoms with Crippen LogP contribution in [0.4, 0.5) is 0 Å². The highest BCUT2D eigenvalue weighted by Crippen LogP contribution is 2.43. The molecule has 0 aliphatic heterocycles. The van der Waals surface area contributed by atoms with Gasteiger partial charge in [0.15, 0.2) is 0 Å². The molecule has 0 saturated carbocycles. The van der Waals surface area contributed by atoms with Gasteiger partial charge in [-0.25, -0.2) is 9.97 Å². The van der Waals surface area contributed by atoms with Crippen molar-refractivity contribution in [3.8, 4) is 34.0 Å². The van der Waals surface area contributed by atoms with E-state index in [0.717, 1.165) is 55.2 Å². The first-order chi connectivity index (χ1) is 29.8. The van der Waals surface area contributed by atoms with Crippen molar-refractivity contribution in [2.75, 3.05) is 0 Å².